The first-order valence-corrected chi connectivity index (χ1v) is 12.5. The third kappa shape index (κ3) is 5.63. The first-order chi connectivity index (χ1) is 17.2. The van der Waals surface area contributed by atoms with Crippen LogP contribution in [-0.4, -0.2) is 24.3 Å². The van der Waals surface area contributed by atoms with Gasteiger partial charge in [-0.1, -0.05) is 131 Å². The van der Waals surface area contributed by atoms with E-state index < -0.39 is 11.7 Å². The molecule has 0 saturated heterocycles. The molecule has 0 aliphatic heterocycles. The summed E-state index contributed by atoms with van der Waals surface area (Å²) in [5.41, 5.74) is 3.02. The number of nitrogens with one attached hydrogen (secondary N) is 1. The molecule has 35 heavy (non-hydrogen) atoms. The number of rotatable bonds is 11. The van der Waals surface area contributed by atoms with Crippen LogP contribution >= 0.6 is 15.9 Å². The van der Waals surface area contributed by atoms with Gasteiger partial charge in [0.15, 0.2) is 0 Å². The molecule has 0 amide bonds. The van der Waals surface area contributed by atoms with E-state index in [2.05, 4.69) is 64.2 Å². The molecule has 0 fully saturated rings. The summed E-state index contributed by atoms with van der Waals surface area (Å²) in [6.45, 7) is 4.64. The lowest BCUT2D eigenvalue weighted by atomic mass is 9.80. The maximum atomic E-state index is 11.4. The first kappa shape index (κ1) is 25.1. The fourth-order valence-corrected chi connectivity index (χ4v) is 4.93. The molecule has 0 aliphatic carbocycles. The van der Waals surface area contributed by atoms with E-state index in [9.17, 15) is 5.11 Å². The molecule has 2 N–H and O–H groups in total. The summed E-state index contributed by atoms with van der Waals surface area (Å²) in [5.74, 6) is 0. The largest absolute Gasteiger partial charge is 0.387 e. The summed E-state index contributed by atoms with van der Waals surface area (Å²) in [6, 6.07) is 38.1. The lowest BCUT2D eigenvalue weighted by molar-refractivity contribution is -0.0238. The van der Waals surface area contributed by atoms with E-state index in [1.54, 1.807) is 6.08 Å². The van der Waals surface area contributed by atoms with Crippen molar-refractivity contribution in [2.24, 2.45) is 0 Å². The van der Waals surface area contributed by atoms with Gasteiger partial charge in [0.25, 0.3) is 0 Å². The highest BCUT2D eigenvalue weighted by Crippen LogP contribution is 2.41. The molecule has 0 radical (unpaired) electrons. The molecule has 0 saturated carbocycles. The van der Waals surface area contributed by atoms with E-state index >= 15 is 0 Å². The van der Waals surface area contributed by atoms with Gasteiger partial charge >= 0.3 is 0 Å². The van der Waals surface area contributed by atoms with Gasteiger partial charge in [-0.3, -0.25) is 0 Å². The zero-order chi connectivity index (χ0) is 24.5. The van der Waals surface area contributed by atoms with Gasteiger partial charge in [-0.2, -0.15) is 0 Å². The number of benzene rings is 4. The molecule has 0 heterocycles. The van der Waals surface area contributed by atoms with E-state index in [0.29, 0.717) is 6.54 Å². The van der Waals surface area contributed by atoms with Crippen LogP contribution in [0, 0.1) is 0 Å². The van der Waals surface area contributed by atoms with Crippen molar-refractivity contribution in [1.29, 1.82) is 0 Å². The molecule has 2 atom stereocenters. The van der Waals surface area contributed by atoms with Gasteiger partial charge < -0.3 is 15.2 Å². The Hall–Kier alpha value is -3.02. The number of aliphatic hydroxyl groups excluding tert-OH is 1. The molecule has 4 heteroatoms. The number of aliphatic hydroxyl groups is 1. The minimum absolute atomic E-state index is 0.259. The summed E-state index contributed by atoms with van der Waals surface area (Å²) in [6.07, 6.45) is 1.00. The second-order valence-corrected chi connectivity index (χ2v) is 9.21. The molecule has 0 spiro atoms. The van der Waals surface area contributed by atoms with Crippen LogP contribution in [0.4, 0.5) is 0 Å². The molecule has 178 valence electrons. The number of ether oxygens (including phenoxy) is 1. The van der Waals surface area contributed by atoms with E-state index in [1.807, 2.05) is 78.9 Å². The Bertz CT molecular complexity index is 1100. The molecule has 4 aromatic rings. The molecule has 4 aromatic carbocycles. The van der Waals surface area contributed by atoms with Gasteiger partial charge in [0.05, 0.1) is 18.8 Å². The highest BCUT2D eigenvalue weighted by Gasteiger charge is 2.39. The normalized spacial score (nSPS) is 13.2. The zero-order valence-electron chi connectivity index (χ0n) is 19.6. The smallest absolute Gasteiger partial charge is 0.143 e. The van der Waals surface area contributed by atoms with Gasteiger partial charge in [-0.05, 0) is 28.3 Å². The average Bonchev–Trinajstić information content (AvgIpc) is 2.92. The Kier molecular flexibility index (Phi) is 8.67. The quantitative estimate of drug-likeness (QED) is 0.170. The van der Waals surface area contributed by atoms with Gasteiger partial charge in [0.2, 0.25) is 0 Å². The van der Waals surface area contributed by atoms with Crippen molar-refractivity contribution in [3.05, 3.63) is 155 Å². The van der Waals surface area contributed by atoms with Crippen molar-refractivity contribution in [3.8, 4) is 0 Å². The lowest BCUT2D eigenvalue weighted by Gasteiger charge is -2.38. The standard InChI is InChI=1S/C31H30BrNO2/c1-2-22-33-29(30(34)27-20-12-13-21-28(27)32)23-35-31(24-14-6-3-7-15-24,25-16-8-4-9-17-25)26-18-10-5-11-19-26/h2-21,29-30,33-34H,1,22-23H2/t29-,30+/m0/s1. The van der Waals surface area contributed by atoms with Crippen molar-refractivity contribution in [2.75, 3.05) is 13.2 Å². The maximum absolute atomic E-state index is 11.4. The molecule has 4 rings (SSSR count). The van der Waals surface area contributed by atoms with Crippen LogP contribution in [0.1, 0.15) is 28.4 Å². The Morgan fingerprint density at radius 1 is 0.771 bits per heavy atom. The van der Waals surface area contributed by atoms with Crippen molar-refractivity contribution in [1.82, 2.24) is 5.32 Å². The van der Waals surface area contributed by atoms with Crippen molar-refractivity contribution >= 4 is 15.9 Å². The molecular formula is C31H30BrNO2. The third-order valence-corrected chi connectivity index (χ3v) is 6.87. The highest BCUT2D eigenvalue weighted by molar-refractivity contribution is 9.10. The Labute approximate surface area is 216 Å². The summed E-state index contributed by atoms with van der Waals surface area (Å²) in [5, 5.41) is 14.8. The molecule has 0 aromatic heterocycles. The van der Waals surface area contributed by atoms with Crippen molar-refractivity contribution in [2.45, 2.75) is 17.7 Å². The van der Waals surface area contributed by atoms with E-state index in [0.717, 1.165) is 26.7 Å². The zero-order valence-corrected chi connectivity index (χ0v) is 21.1. The van der Waals surface area contributed by atoms with Crippen molar-refractivity contribution in [3.63, 3.8) is 0 Å². The molecule has 0 aliphatic rings. The first-order valence-electron chi connectivity index (χ1n) is 11.7. The van der Waals surface area contributed by atoms with Crippen LogP contribution in [0.2, 0.25) is 0 Å². The summed E-state index contributed by atoms with van der Waals surface area (Å²) in [7, 11) is 0. The lowest BCUT2D eigenvalue weighted by Crippen LogP contribution is -2.43. The minimum atomic E-state index is -0.856. The van der Waals surface area contributed by atoms with Gasteiger partial charge in [0, 0.05) is 11.0 Å². The van der Waals surface area contributed by atoms with Crippen molar-refractivity contribution < 1.29 is 9.84 Å². The topological polar surface area (TPSA) is 41.5 Å². The summed E-state index contributed by atoms with van der Waals surface area (Å²) in [4.78, 5) is 0. The molecular weight excluding hydrogens is 498 g/mol. The predicted molar refractivity (Wildman–Crippen MR) is 146 cm³/mol. The predicted octanol–water partition coefficient (Wildman–Crippen LogP) is 6.64. The second kappa shape index (κ2) is 12.1. The second-order valence-electron chi connectivity index (χ2n) is 8.36. The third-order valence-electron chi connectivity index (χ3n) is 6.15. The number of hydrogen-bond acceptors (Lipinski definition) is 3. The van der Waals surface area contributed by atoms with Crippen LogP contribution in [0.25, 0.3) is 0 Å². The van der Waals surface area contributed by atoms with Crippen LogP contribution in [0.15, 0.2) is 132 Å². The van der Waals surface area contributed by atoms with Gasteiger partial charge in [-0.25, -0.2) is 0 Å². The number of hydrogen-bond donors (Lipinski definition) is 2. The van der Waals surface area contributed by atoms with E-state index in [-0.39, 0.29) is 12.6 Å². The molecule has 3 nitrogen and oxygen atoms in total. The average molecular weight is 528 g/mol. The Morgan fingerprint density at radius 3 is 1.69 bits per heavy atom. The summed E-state index contributed by atoms with van der Waals surface area (Å²) < 4.78 is 7.82. The molecule has 0 unspecified atom stereocenters. The fraction of sp³-hybridized carbons (Fsp3) is 0.161. The maximum Gasteiger partial charge on any atom is 0.143 e. The fourth-order valence-electron chi connectivity index (χ4n) is 4.41. The highest BCUT2D eigenvalue weighted by atomic mass is 79.9. The number of halogens is 1. The van der Waals surface area contributed by atoms with Crippen LogP contribution in [0.3, 0.4) is 0 Å². The van der Waals surface area contributed by atoms with E-state index in [1.165, 1.54) is 0 Å². The molecule has 0 bridgehead atoms. The Balaban J connectivity index is 1.79. The monoisotopic (exact) mass is 527 g/mol. The van der Waals surface area contributed by atoms with Gasteiger partial charge in [0.1, 0.15) is 5.60 Å². The Morgan fingerprint density at radius 2 is 1.23 bits per heavy atom. The van der Waals surface area contributed by atoms with Gasteiger partial charge in [-0.15, -0.1) is 6.58 Å². The van der Waals surface area contributed by atoms with Crippen LogP contribution < -0.4 is 5.32 Å². The summed E-state index contributed by atoms with van der Waals surface area (Å²) >= 11 is 3.59. The SMILES string of the molecule is C=CCN[C@@H](COC(c1ccccc1)(c1ccccc1)c1ccccc1)[C@H](O)c1ccccc1Br. The van der Waals surface area contributed by atoms with Crippen LogP contribution in [0.5, 0.6) is 0 Å². The van der Waals surface area contributed by atoms with Crippen LogP contribution in [-0.2, 0) is 10.3 Å². The van der Waals surface area contributed by atoms with E-state index in [4.69, 9.17) is 4.74 Å². The minimum Gasteiger partial charge on any atom is -0.387 e.